The number of phosphoric ester groups is 1. The monoisotopic (exact) mass is 1240 g/mol. The summed E-state index contributed by atoms with van der Waals surface area (Å²) in [5.74, 6) is -0.883. The molecule has 0 aromatic heterocycles. The van der Waals surface area contributed by atoms with Crippen LogP contribution < -0.4 is 4.89 Å². The van der Waals surface area contributed by atoms with Crippen LogP contribution in [0.3, 0.4) is 0 Å². The van der Waals surface area contributed by atoms with E-state index < -0.39 is 32.5 Å². The number of likely N-dealkylation sites (N-methyl/N-ethyl adjacent to an activating group) is 1. The lowest BCUT2D eigenvalue weighted by molar-refractivity contribution is -0.870. The van der Waals surface area contributed by atoms with Gasteiger partial charge in [-0.25, -0.2) is 0 Å². The van der Waals surface area contributed by atoms with Crippen LogP contribution in [-0.4, -0.2) is 70.0 Å². The van der Waals surface area contributed by atoms with E-state index in [0.29, 0.717) is 23.9 Å². The first-order chi connectivity index (χ1) is 43.0. The Labute approximate surface area is 540 Å². The van der Waals surface area contributed by atoms with Crippen LogP contribution >= 0.6 is 7.82 Å². The van der Waals surface area contributed by atoms with Crippen molar-refractivity contribution in [3.63, 3.8) is 0 Å². The number of carbonyl (C=O) groups excluding carboxylic acids is 2. The summed E-state index contributed by atoms with van der Waals surface area (Å²) in [6, 6.07) is 0. The first kappa shape index (κ1) is 83.1. The SMILES string of the molecule is CC/C=C\C/C=C\C/C=C\C/C=C\C/C=C\C/C=C\C/C=C\C/C=C\C/C=C\C/C=C\C/C=C\C/C=C\CCCCCCC(=O)OC(COC(=O)CCCCCCCCCC/C=C\C/C=C\C/C=C\CCCCCCC)COP(=O)([O-])OCC[N+](C)(C)C. The number of hydrogen-bond donors (Lipinski definition) is 0. The second-order valence-corrected chi connectivity index (χ2v) is 24.9. The van der Waals surface area contributed by atoms with Crippen LogP contribution in [0, 0.1) is 0 Å². The molecule has 0 saturated heterocycles. The number of hydrogen-bond acceptors (Lipinski definition) is 8. The Morgan fingerprint density at radius 3 is 0.966 bits per heavy atom. The molecule has 10 heteroatoms. The third-order valence-electron chi connectivity index (χ3n) is 13.9. The van der Waals surface area contributed by atoms with Crippen molar-refractivity contribution in [2.45, 2.75) is 251 Å². The number of ether oxygens (including phenoxy) is 2. The zero-order valence-electron chi connectivity index (χ0n) is 56.3. The number of phosphoric acid groups is 1. The van der Waals surface area contributed by atoms with E-state index in [-0.39, 0.29) is 26.1 Å². The number of esters is 2. The molecule has 0 aliphatic heterocycles. The van der Waals surface area contributed by atoms with Crippen LogP contribution in [0.1, 0.15) is 245 Å². The van der Waals surface area contributed by atoms with Crippen LogP contribution in [0.25, 0.3) is 0 Å². The van der Waals surface area contributed by atoms with Gasteiger partial charge in [0.2, 0.25) is 0 Å². The summed E-state index contributed by atoms with van der Waals surface area (Å²) >= 11 is 0. The van der Waals surface area contributed by atoms with Crippen LogP contribution in [-0.2, 0) is 32.7 Å². The maximum Gasteiger partial charge on any atom is 0.306 e. The van der Waals surface area contributed by atoms with Gasteiger partial charge < -0.3 is 27.9 Å². The molecular formula is C78H126NO8P. The molecule has 0 aromatic carbocycles. The first-order valence-corrected chi connectivity index (χ1v) is 36.0. The predicted octanol–water partition coefficient (Wildman–Crippen LogP) is 22.1. The summed E-state index contributed by atoms with van der Waals surface area (Å²) in [6.45, 7) is 4.06. The van der Waals surface area contributed by atoms with E-state index in [2.05, 4.69) is 196 Å². The minimum Gasteiger partial charge on any atom is -0.756 e. The highest BCUT2D eigenvalue weighted by Gasteiger charge is 2.22. The highest BCUT2D eigenvalue weighted by atomic mass is 31.2. The number of rotatable bonds is 61. The highest BCUT2D eigenvalue weighted by molar-refractivity contribution is 7.45. The Morgan fingerprint density at radius 2 is 0.648 bits per heavy atom. The van der Waals surface area contributed by atoms with E-state index in [1.165, 1.54) is 64.2 Å². The van der Waals surface area contributed by atoms with Gasteiger partial charge in [-0.3, -0.25) is 14.2 Å². The molecule has 2 atom stereocenters. The van der Waals surface area contributed by atoms with Gasteiger partial charge in [-0.15, -0.1) is 0 Å². The van der Waals surface area contributed by atoms with E-state index in [1.54, 1.807) is 0 Å². The molecule has 0 saturated carbocycles. The predicted molar refractivity (Wildman–Crippen MR) is 378 cm³/mol. The van der Waals surface area contributed by atoms with E-state index in [4.69, 9.17) is 18.5 Å². The number of quaternary nitrogens is 1. The largest absolute Gasteiger partial charge is 0.756 e. The van der Waals surface area contributed by atoms with Crippen molar-refractivity contribution < 1.29 is 42.1 Å². The first-order valence-electron chi connectivity index (χ1n) is 34.5. The molecule has 0 aliphatic carbocycles. The van der Waals surface area contributed by atoms with E-state index in [9.17, 15) is 19.0 Å². The van der Waals surface area contributed by atoms with Crippen molar-refractivity contribution in [2.24, 2.45) is 0 Å². The van der Waals surface area contributed by atoms with Gasteiger partial charge in [-0.05, 0) is 141 Å². The highest BCUT2D eigenvalue weighted by Crippen LogP contribution is 2.38. The van der Waals surface area contributed by atoms with Gasteiger partial charge in [0.15, 0.2) is 6.10 Å². The molecule has 2 unspecified atom stereocenters. The minimum atomic E-state index is -4.66. The molecule has 0 heterocycles. The third kappa shape index (κ3) is 70.2. The Balaban J connectivity index is 4.21. The lowest BCUT2D eigenvalue weighted by atomic mass is 10.1. The van der Waals surface area contributed by atoms with Gasteiger partial charge in [0, 0.05) is 12.8 Å². The van der Waals surface area contributed by atoms with Crippen molar-refractivity contribution in [3.05, 3.63) is 182 Å². The fourth-order valence-corrected chi connectivity index (χ4v) is 9.37. The van der Waals surface area contributed by atoms with Crippen molar-refractivity contribution >= 4 is 19.8 Å². The number of unbranched alkanes of at least 4 members (excludes halogenated alkanes) is 17. The van der Waals surface area contributed by atoms with Gasteiger partial charge in [-0.1, -0.05) is 273 Å². The Hall–Kier alpha value is -4.89. The van der Waals surface area contributed by atoms with Crippen molar-refractivity contribution in [2.75, 3.05) is 47.5 Å². The maximum absolute atomic E-state index is 12.8. The molecule has 0 fully saturated rings. The van der Waals surface area contributed by atoms with Crippen LogP contribution in [0.2, 0.25) is 0 Å². The second-order valence-electron chi connectivity index (χ2n) is 23.5. The summed E-state index contributed by atoms with van der Waals surface area (Å²) in [5.41, 5.74) is 0. The summed E-state index contributed by atoms with van der Waals surface area (Å²) in [5, 5.41) is 0. The van der Waals surface area contributed by atoms with Gasteiger partial charge in [0.05, 0.1) is 27.7 Å². The van der Waals surface area contributed by atoms with Gasteiger partial charge >= 0.3 is 11.9 Å². The Bertz CT molecular complexity index is 2140. The zero-order valence-corrected chi connectivity index (χ0v) is 57.2. The van der Waals surface area contributed by atoms with Crippen LogP contribution in [0.5, 0.6) is 0 Å². The fraction of sp³-hybridized carbons (Fsp3) is 0.590. The molecule has 9 nitrogen and oxygen atoms in total. The molecule has 0 amide bonds. The maximum atomic E-state index is 12.8. The molecule has 0 aliphatic rings. The van der Waals surface area contributed by atoms with Crippen molar-refractivity contribution in [1.29, 1.82) is 0 Å². The molecular weight excluding hydrogens is 1110 g/mol. The topological polar surface area (TPSA) is 111 Å². The molecule has 496 valence electrons. The smallest absolute Gasteiger partial charge is 0.306 e. The van der Waals surface area contributed by atoms with Crippen LogP contribution in [0.15, 0.2) is 182 Å². The zero-order chi connectivity index (χ0) is 64.1. The summed E-state index contributed by atoms with van der Waals surface area (Å²) in [4.78, 5) is 38.0. The van der Waals surface area contributed by atoms with Crippen molar-refractivity contribution in [3.8, 4) is 0 Å². The average Bonchev–Trinajstić information content (AvgIpc) is 3.58. The van der Waals surface area contributed by atoms with Crippen molar-refractivity contribution in [1.82, 2.24) is 0 Å². The molecule has 0 spiro atoms. The number of allylic oxidation sites excluding steroid dienone is 30. The molecule has 0 aromatic rings. The minimum absolute atomic E-state index is 0.0474. The normalized spacial score (nSPS) is 14.3. The van der Waals surface area contributed by atoms with E-state index >= 15 is 0 Å². The molecule has 0 bridgehead atoms. The molecule has 88 heavy (non-hydrogen) atoms. The Kier molecular flexibility index (Phi) is 62.8. The summed E-state index contributed by atoms with van der Waals surface area (Å²) in [7, 11) is 1.12. The molecule has 0 N–H and O–H groups in total. The second kappa shape index (κ2) is 66.5. The average molecular weight is 1240 g/mol. The van der Waals surface area contributed by atoms with Gasteiger partial charge in [0.1, 0.15) is 19.8 Å². The standard InChI is InChI=1S/C78H126NO8P/c1-6-8-10-12-14-16-18-20-22-24-26-28-30-31-32-33-34-35-36-37-38-39-40-41-42-43-44-45-46-47-49-51-53-55-57-59-61-63-65-67-69-71-78(81)87-76(75-86-88(82,83)85-73-72-79(3,4)5)74-84-77(80)70-68-66-64-62-60-58-56-54-52-50-48-29-27-25-23-21-19-17-15-13-11-9-7-2/h8,10,14,16,19-22,25-28,31-32,34-35,37-38,40-41,43-44,46-48,50-51,53,57,59,76H,6-7,9,11-13,15,17-18,23-24,29-30,33,36,39,42,45,49,52,54-56,58,60-75H2,1-5H3/b10-8-,16-14-,21-19-,22-20-,27-25-,28-26-,32-31-,35-34-,38-37-,41-40-,44-43-,47-46-,50-48-,53-51-,59-57-. The lowest BCUT2D eigenvalue weighted by Crippen LogP contribution is -2.37. The fourth-order valence-electron chi connectivity index (χ4n) is 8.64. The summed E-state index contributed by atoms with van der Waals surface area (Å²) < 4.78 is 34.2. The van der Waals surface area contributed by atoms with E-state index in [0.717, 1.165) is 141 Å². The lowest BCUT2D eigenvalue weighted by Gasteiger charge is -2.28. The van der Waals surface area contributed by atoms with E-state index in [1.807, 2.05) is 21.1 Å². The van der Waals surface area contributed by atoms with Crippen LogP contribution in [0.4, 0.5) is 0 Å². The summed E-state index contributed by atoms with van der Waals surface area (Å²) in [6.07, 6.45) is 102. The molecule has 0 radical (unpaired) electrons. The third-order valence-corrected chi connectivity index (χ3v) is 14.9. The molecule has 0 rings (SSSR count). The van der Waals surface area contributed by atoms with Gasteiger partial charge in [0.25, 0.3) is 7.82 Å². The number of nitrogens with zero attached hydrogens (tertiary/aromatic N) is 1. The van der Waals surface area contributed by atoms with Gasteiger partial charge in [-0.2, -0.15) is 0 Å². The number of carbonyl (C=O) groups is 2. The quantitative estimate of drug-likeness (QED) is 0.0195. The Morgan fingerprint density at radius 1 is 0.364 bits per heavy atom.